The van der Waals surface area contributed by atoms with Gasteiger partial charge in [-0.3, -0.25) is 0 Å². The number of carbonyl (C=O) groups is 1. The van der Waals surface area contributed by atoms with Crippen molar-refractivity contribution >= 4 is 11.7 Å². The first-order valence-corrected chi connectivity index (χ1v) is 4.05. The van der Waals surface area contributed by atoms with Crippen LogP contribution in [0.5, 0.6) is 0 Å². The lowest BCUT2D eigenvalue weighted by molar-refractivity contribution is 0.0600. The topological polar surface area (TPSA) is 38.3 Å². The van der Waals surface area contributed by atoms with Crippen LogP contribution in [0, 0.1) is 6.92 Å². The normalized spacial score (nSPS) is 9.46. The fraction of sp³-hybridized carbons (Fsp3) is 0.300. The maximum Gasteiger partial charge on any atom is 0.338 e. The number of ether oxygens (including phenoxy) is 1. The number of aryl methyl sites for hydroxylation is 1. The number of carbonyl (C=O) groups excluding carboxylic acids is 1. The fourth-order valence-corrected chi connectivity index (χ4v) is 1.11. The van der Waals surface area contributed by atoms with Gasteiger partial charge in [0.05, 0.1) is 12.7 Å². The van der Waals surface area contributed by atoms with Gasteiger partial charge in [-0.15, -0.1) is 0 Å². The Morgan fingerprint density at radius 1 is 1.46 bits per heavy atom. The van der Waals surface area contributed by atoms with Crippen molar-refractivity contribution in [1.29, 1.82) is 0 Å². The summed E-state index contributed by atoms with van der Waals surface area (Å²) in [7, 11) is 3.19. The van der Waals surface area contributed by atoms with Gasteiger partial charge in [-0.05, 0) is 24.6 Å². The number of methoxy groups -OCH3 is 1. The summed E-state index contributed by atoms with van der Waals surface area (Å²) < 4.78 is 4.65. The summed E-state index contributed by atoms with van der Waals surface area (Å²) in [6.45, 7) is 1.88. The van der Waals surface area contributed by atoms with E-state index in [2.05, 4.69) is 10.1 Å². The number of nitrogens with one attached hydrogen (secondary N) is 1. The molecule has 3 nitrogen and oxygen atoms in total. The van der Waals surface area contributed by atoms with Gasteiger partial charge in [0.25, 0.3) is 0 Å². The van der Waals surface area contributed by atoms with Gasteiger partial charge in [0.15, 0.2) is 0 Å². The number of hydrogen-bond acceptors (Lipinski definition) is 3. The molecule has 0 bridgehead atoms. The highest BCUT2D eigenvalue weighted by atomic mass is 16.5. The van der Waals surface area contributed by atoms with Gasteiger partial charge in [0.2, 0.25) is 0 Å². The SMILES string of the molecule is CNc1ccc(C)c(C(=O)OC)c1. The van der Waals surface area contributed by atoms with Gasteiger partial charge < -0.3 is 10.1 Å². The summed E-state index contributed by atoms with van der Waals surface area (Å²) in [6.07, 6.45) is 0. The van der Waals surface area contributed by atoms with E-state index >= 15 is 0 Å². The standard InChI is InChI=1S/C10H13NO2/c1-7-4-5-8(11-2)6-9(7)10(12)13-3/h4-6,11H,1-3H3. The second kappa shape index (κ2) is 3.94. The van der Waals surface area contributed by atoms with Crippen LogP contribution in [0.25, 0.3) is 0 Å². The zero-order valence-corrected chi connectivity index (χ0v) is 8.05. The van der Waals surface area contributed by atoms with Crippen LogP contribution in [-0.2, 0) is 4.74 Å². The van der Waals surface area contributed by atoms with E-state index in [1.54, 1.807) is 6.07 Å². The second-order valence-electron chi connectivity index (χ2n) is 2.77. The molecule has 0 aromatic heterocycles. The fourth-order valence-electron chi connectivity index (χ4n) is 1.11. The van der Waals surface area contributed by atoms with Crippen LogP contribution in [0.15, 0.2) is 18.2 Å². The van der Waals surface area contributed by atoms with Crippen LogP contribution < -0.4 is 5.32 Å². The molecular weight excluding hydrogens is 166 g/mol. The van der Waals surface area contributed by atoms with E-state index in [4.69, 9.17) is 0 Å². The van der Waals surface area contributed by atoms with Crippen LogP contribution >= 0.6 is 0 Å². The van der Waals surface area contributed by atoms with Crippen LogP contribution in [0.3, 0.4) is 0 Å². The van der Waals surface area contributed by atoms with Crippen molar-refractivity contribution in [3.63, 3.8) is 0 Å². The molecule has 0 amide bonds. The Labute approximate surface area is 77.7 Å². The van der Waals surface area contributed by atoms with Crippen molar-refractivity contribution in [3.8, 4) is 0 Å². The average molecular weight is 179 g/mol. The highest BCUT2D eigenvalue weighted by Gasteiger charge is 2.08. The minimum atomic E-state index is -0.297. The van der Waals surface area contributed by atoms with E-state index < -0.39 is 0 Å². The Hall–Kier alpha value is -1.51. The highest BCUT2D eigenvalue weighted by Crippen LogP contribution is 2.15. The molecule has 3 heteroatoms. The lowest BCUT2D eigenvalue weighted by Gasteiger charge is -2.06. The zero-order chi connectivity index (χ0) is 9.84. The quantitative estimate of drug-likeness (QED) is 0.704. The van der Waals surface area contributed by atoms with Crippen molar-refractivity contribution in [2.75, 3.05) is 19.5 Å². The summed E-state index contributed by atoms with van der Waals surface area (Å²) in [4.78, 5) is 11.3. The summed E-state index contributed by atoms with van der Waals surface area (Å²) in [5.74, 6) is -0.297. The zero-order valence-electron chi connectivity index (χ0n) is 8.05. The van der Waals surface area contributed by atoms with Crippen molar-refractivity contribution in [2.45, 2.75) is 6.92 Å². The van der Waals surface area contributed by atoms with Gasteiger partial charge in [-0.2, -0.15) is 0 Å². The van der Waals surface area contributed by atoms with Gasteiger partial charge in [0, 0.05) is 12.7 Å². The molecule has 0 saturated heterocycles. The van der Waals surface area contributed by atoms with Crippen LogP contribution in [0.4, 0.5) is 5.69 Å². The minimum absolute atomic E-state index is 0.297. The highest BCUT2D eigenvalue weighted by molar-refractivity contribution is 5.92. The first-order valence-electron chi connectivity index (χ1n) is 4.05. The largest absolute Gasteiger partial charge is 0.465 e. The maximum absolute atomic E-state index is 11.3. The maximum atomic E-state index is 11.3. The van der Waals surface area contributed by atoms with Crippen LogP contribution in [-0.4, -0.2) is 20.1 Å². The second-order valence-corrected chi connectivity index (χ2v) is 2.77. The molecule has 0 fully saturated rings. The Morgan fingerprint density at radius 3 is 2.69 bits per heavy atom. The minimum Gasteiger partial charge on any atom is -0.465 e. The molecule has 0 spiro atoms. The predicted molar refractivity (Wildman–Crippen MR) is 52.1 cm³/mol. The molecule has 13 heavy (non-hydrogen) atoms. The molecule has 0 aliphatic carbocycles. The number of anilines is 1. The third-order valence-corrected chi connectivity index (χ3v) is 1.93. The molecule has 1 aromatic rings. The van der Waals surface area contributed by atoms with Crippen molar-refractivity contribution < 1.29 is 9.53 Å². The van der Waals surface area contributed by atoms with Crippen molar-refractivity contribution in [3.05, 3.63) is 29.3 Å². The summed E-state index contributed by atoms with van der Waals surface area (Å²) >= 11 is 0. The van der Waals surface area contributed by atoms with Gasteiger partial charge in [-0.1, -0.05) is 6.07 Å². The molecule has 0 radical (unpaired) electrons. The number of rotatable bonds is 2. The molecule has 0 aliphatic heterocycles. The van der Waals surface area contributed by atoms with E-state index in [-0.39, 0.29) is 5.97 Å². The number of benzene rings is 1. The van der Waals surface area contributed by atoms with Crippen LogP contribution in [0.1, 0.15) is 15.9 Å². The molecule has 1 aromatic carbocycles. The molecule has 0 heterocycles. The van der Waals surface area contributed by atoms with E-state index in [0.717, 1.165) is 11.3 Å². The smallest absolute Gasteiger partial charge is 0.338 e. The van der Waals surface area contributed by atoms with Crippen LogP contribution in [0.2, 0.25) is 0 Å². The molecular formula is C10H13NO2. The average Bonchev–Trinajstić information content (AvgIpc) is 2.17. The molecule has 1 N–H and O–H groups in total. The summed E-state index contributed by atoms with van der Waals surface area (Å²) in [5, 5.41) is 2.97. The Balaban J connectivity index is 3.11. The first kappa shape index (κ1) is 9.58. The summed E-state index contributed by atoms with van der Waals surface area (Å²) in [5.41, 5.74) is 2.44. The lowest BCUT2D eigenvalue weighted by atomic mass is 10.1. The predicted octanol–water partition coefficient (Wildman–Crippen LogP) is 1.82. The Morgan fingerprint density at radius 2 is 2.15 bits per heavy atom. The van der Waals surface area contributed by atoms with E-state index in [0.29, 0.717) is 5.56 Å². The van der Waals surface area contributed by atoms with E-state index in [9.17, 15) is 4.79 Å². The third kappa shape index (κ3) is 1.99. The molecule has 1 rings (SSSR count). The molecule has 0 unspecified atom stereocenters. The summed E-state index contributed by atoms with van der Waals surface area (Å²) in [6, 6.07) is 5.58. The van der Waals surface area contributed by atoms with Gasteiger partial charge >= 0.3 is 5.97 Å². The monoisotopic (exact) mass is 179 g/mol. The van der Waals surface area contributed by atoms with E-state index in [1.807, 2.05) is 26.1 Å². The number of hydrogen-bond donors (Lipinski definition) is 1. The Bertz CT molecular complexity index is 321. The molecule has 70 valence electrons. The van der Waals surface area contributed by atoms with Crippen molar-refractivity contribution in [1.82, 2.24) is 0 Å². The van der Waals surface area contributed by atoms with Crippen molar-refractivity contribution in [2.24, 2.45) is 0 Å². The Kier molecular flexibility index (Phi) is 2.90. The number of esters is 1. The lowest BCUT2D eigenvalue weighted by Crippen LogP contribution is -2.04. The van der Waals surface area contributed by atoms with E-state index in [1.165, 1.54) is 7.11 Å². The molecule has 0 atom stereocenters. The van der Waals surface area contributed by atoms with Gasteiger partial charge in [0.1, 0.15) is 0 Å². The molecule has 0 aliphatic rings. The van der Waals surface area contributed by atoms with Gasteiger partial charge in [-0.25, -0.2) is 4.79 Å². The molecule has 0 saturated carbocycles. The first-order chi connectivity index (χ1) is 6.19. The third-order valence-electron chi connectivity index (χ3n) is 1.93.